The van der Waals surface area contributed by atoms with Crippen LogP contribution in [0.4, 0.5) is 0 Å². The minimum atomic E-state index is -0.205. The van der Waals surface area contributed by atoms with Gasteiger partial charge in [-0.05, 0) is 34.4 Å². The van der Waals surface area contributed by atoms with E-state index in [9.17, 15) is 4.79 Å². The highest BCUT2D eigenvalue weighted by Gasteiger charge is 2.07. The summed E-state index contributed by atoms with van der Waals surface area (Å²) >= 11 is 1.59. The van der Waals surface area contributed by atoms with Crippen LogP contribution in [-0.4, -0.2) is 27.5 Å². The van der Waals surface area contributed by atoms with Gasteiger partial charge in [0.15, 0.2) is 6.61 Å². The van der Waals surface area contributed by atoms with E-state index in [1.165, 1.54) is 0 Å². The fraction of sp³-hybridized carbons (Fsp3) is 0.105. The van der Waals surface area contributed by atoms with Gasteiger partial charge in [0.1, 0.15) is 11.4 Å². The molecule has 0 unspecified atom stereocenters. The molecule has 4 aromatic rings. The Balaban J connectivity index is 1.30. The van der Waals surface area contributed by atoms with Crippen LogP contribution in [-0.2, 0) is 11.3 Å². The fourth-order valence-electron chi connectivity index (χ4n) is 2.54. The smallest absolute Gasteiger partial charge is 0.258 e. The summed E-state index contributed by atoms with van der Waals surface area (Å²) < 4.78 is 7.26. The molecule has 0 radical (unpaired) electrons. The molecule has 1 N–H and O–H groups in total. The highest BCUT2D eigenvalue weighted by molar-refractivity contribution is 7.08. The van der Waals surface area contributed by atoms with Crippen molar-refractivity contribution >= 4 is 28.0 Å². The van der Waals surface area contributed by atoms with Crippen molar-refractivity contribution in [1.29, 1.82) is 0 Å². The highest BCUT2D eigenvalue weighted by atomic mass is 32.1. The average Bonchev–Trinajstić information content (AvgIpc) is 3.36. The molecule has 0 saturated heterocycles. The van der Waals surface area contributed by atoms with Crippen molar-refractivity contribution in [2.75, 3.05) is 6.61 Å². The van der Waals surface area contributed by atoms with Gasteiger partial charge in [-0.25, -0.2) is 4.68 Å². The summed E-state index contributed by atoms with van der Waals surface area (Å²) in [6, 6.07) is 15.7. The van der Waals surface area contributed by atoms with Crippen molar-refractivity contribution < 1.29 is 9.53 Å². The van der Waals surface area contributed by atoms with E-state index >= 15 is 0 Å². The Kier molecular flexibility index (Phi) is 4.61. The third-order valence-electron chi connectivity index (χ3n) is 3.87. The van der Waals surface area contributed by atoms with Crippen molar-refractivity contribution in [3.8, 4) is 11.4 Å². The lowest BCUT2D eigenvalue weighted by molar-refractivity contribution is -0.123. The van der Waals surface area contributed by atoms with Gasteiger partial charge >= 0.3 is 0 Å². The molecule has 1 amide bonds. The second kappa shape index (κ2) is 7.37. The van der Waals surface area contributed by atoms with Crippen LogP contribution in [0.25, 0.3) is 16.5 Å². The van der Waals surface area contributed by atoms with Gasteiger partial charge < -0.3 is 10.1 Å². The lowest BCUT2D eigenvalue weighted by atomic mass is 10.1. The number of thiophene rings is 1. The van der Waals surface area contributed by atoms with Gasteiger partial charge in [-0.3, -0.25) is 4.79 Å². The van der Waals surface area contributed by atoms with Crippen molar-refractivity contribution in [3.05, 3.63) is 71.2 Å². The molecule has 130 valence electrons. The predicted molar refractivity (Wildman–Crippen MR) is 101 cm³/mol. The van der Waals surface area contributed by atoms with E-state index in [1.54, 1.807) is 22.2 Å². The molecule has 0 atom stereocenters. The molecule has 7 heteroatoms. The second-order valence-electron chi connectivity index (χ2n) is 5.71. The largest absolute Gasteiger partial charge is 0.484 e. The van der Waals surface area contributed by atoms with E-state index in [2.05, 4.69) is 15.6 Å². The first-order valence-corrected chi connectivity index (χ1v) is 9.04. The number of hydrogen-bond donors (Lipinski definition) is 1. The number of carbonyl (C=O) groups excluding carboxylic acids is 1. The van der Waals surface area contributed by atoms with Gasteiger partial charge in [0.2, 0.25) is 0 Å². The minimum Gasteiger partial charge on any atom is -0.484 e. The number of carbonyl (C=O) groups is 1. The molecule has 2 aromatic heterocycles. The van der Waals surface area contributed by atoms with Gasteiger partial charge in [0.25, 0.3) is 5.91 Å². The summed E-state index contributed by atoms with van der Waals surface area (Å²) in [7, 11) is 0. The molecule has 0 fully saturated rings. The molecule has 2 heterocycles. The van der Waals surface area contributed by atoms with Gasteiger partial charge in [-0.1, -0.05) is 35.5 Å². The first kappa shape index (κ1) is 16.3. The summed E-state index contributed by atoms with van der Waals surface area (Å²) in [5.41, 5.74) is 1.65. The highest BCUT2D eigenvalue weighted by Crippen LogP contribution is 2.20. The van der Waals surface area contributed by atoms with Gasteiger partial charge in [0.05, 0.1) is 18.4 Å². The minimum absolute atomic E-state index is 0.0446. The Morgan fingerprint density at radius 1 is 1.15 bits per heavy atom. The summed E-state index contributed by atoms with van der Waals surface area (Å²) in [5.74, 6) is 0.463. The zero-order valence-electron chi connectivity index (χ0n) is 13.8. The van der Waals surface area contributed by atoms with E-state index in [0.717, 1.165) is 16.5 Å². The average molecular weight is 364 g/mol. The number of aromatic nitrogens is 3. The lowest BCUT2D eigenvalue weighted by Gasteiger charge is -2.07. The standard InChI is InChI=1S/C19H16N4O2S/c24-19(12-25-18-6-5-14-3-1-2-4-15(14)9-18)20-10-16-11-23(22-21-16)17-7-8-26-13-17/h1-9,11,13H,10,12H2,(H,20,24). The Hall–Kier alpha value is -3.19. The summed E-state index contributed by atoms with van der Waals surface area (Å²) in [4.78, 5) is 12.0. The van der Waals surface area contributed by atoms with E-state index in [0.29, 0.717) is 18.0 Å². The number of nitrogens with one attached hydrogen (secondary N) is 1. The number of rotatable bonds is 6. The SMILES string of the molecule is O=C(COc1ccc2ccccc2c1)NCc1cn(-c2ccsc2)nn1. The predicted octanol–water partition coefficient (Wildman–Crippen LogP) is 3.18. The monoisotopic (exact) mass is 364 g/mol. The summed E-state index contributed by atoms with van der Waals surface area (Å²) in [6.45, 7) is 0.265. The zero-order valence-corrected chi connectivity index (χ0v) is 14.6. The number of nitrogens with zero attached hydrogens (tertiary/aromatic N) is 3. The van der Waals surface area contributed by atoms with Crippen molar-refractivity contribution in [2.45, 2.75) is 6.54 Å². The van der Waals surface area contributed by atoms with Crippen LogP contribution >= 0.6 is 11.3 Å². The van der Waals surface area contributed by atoms with Crippen LogP contribution in [0.2, 0.25) is 0 Å². The molecule has 4 rings (SSSR count). The van der Waals surface area contributed by atoms with Crippen LogP contribution < -0.4 is 10.1 Å². The van der Waals surface area contributed by atoms with Crippen LogP contribution in [0.3, 0.4) is 0 Å². The molecule has 0 spiro atoms. The number of benzene rings is 2. The van der Waals surface area contributed by atoms with Crippen LogP contribution in [0, 0.1) is 0 Å². The number of ether oxygens (including phenoxy) is 1. The molecular formula is C19H16N4O2S. The third kappa shape index (κ3) is 3.73. The molecule has 0 aliphatic rings. The first-order chi connectivity index (χ1) is 12.8. The van der Waals surface area contributed by atoms with Crippen LogP contribution in [0.5, 0.6) is 5.75 Å². The molecule has 26 heavy (non-hydrogen) atoms. The molecular weight excluding hydrogens is 348 g/mol. The van der Waals surface area contributed by atoms with Crippen LogP contribution in [0.1, 0.15) is 5.69 Å². The maximum Gasteiger partial charge on any atom is 0.258 e. The number of amides is 1. The van der Waals surface area contributed by atoms with Crippen molar-refractivity contribution in [3.63, 3.8) is 0 Å². The molecule has 0 aliphatic heterocycles. The Morgan fingerprint density at radius 2 is 2.04 bits per heavy atom. The number of fused-ring (bicyclic) bond motifs is 1. The lowest BCUT2D eigenvalue weighted by Crippen LogP contribution is -2.28. The Labute approximate surface area is 154 Å². The second-order valence-corrected chi connectivity index (χ2v) is 6.49. The maximum absolute atomic E-state index is 12.0. The fourth-order valence-corrected chi connectivity index (χ4v) is 3.16. The quantitative estimate of drug-likeness (QED) is 0.570. The number of hydrogen-bond acceptors (Lipinski definition) is 5. The first-order valence-electron chi connectivity index (χ1n) is 8.10. The van der Waals surface area contributed by atoms with Crippen molar-refractivity contribution in [1.82, 2.24) is 20.3 Å². The topological polar surface area (TPSA) is 69.0 Å². The van der Waals surface area contributed by atoms with Gasteiger partial charge in [-0.15, -0.1) is 5.10 Å². The normalized spacial score (nSPS) is 10.8. The summed E-state index contributed by atoms with van der Waals surface area (Å²) in [5, 5.41) is 17.1. The molecule has 6 nitrogen and oxygen atoms in total. The van der Waals surface area contributed by atoms with E-state index in [1.807, 2.05) is 59.3 Å². The van der Waals surface area contributed by atoms with Crippen molar-refractivity contribution in [2.24, 2.45) is 0 Å². The zero-order chi connectivity index (χ0) is 17.8. The van der Waals surface area contributed by atoms with E-state index in [-0.39, 0.29) is 12.5 Å². The molecule has 0 saturated carbocycles. The van der Waals surface area contributed by atoms with Gasteiger partial charge in [-0.2, -0.15) is 11.3 Å². The van der Waals surface area contributed by atoms with Gasteiger partial charge in [0, 0.05) is 5.38 Å². The summed E-state index contributed by atoms with van der Waals surface area (Å²) in [6.07, 6.45) is 1.80. The third-order valence-corrected chi connectivity index (χ3v) is 4.54. The Bertz CT molecular complexity index is 1030. The van der Waals surface area contributed by atoms with Crippen LogP contribution in [0.15, 0.2) is 65.5 Å². The maximum atomic E-state index is 12.0. The van der Waals surface area contributed by atoms with E-state index in [4.69, 9.17) is 4.74 Å². The molecule has 0 aliphatic carbocycles. The van der Waals surface area contributed by atoms with E-state index < -0.39 is 0 Å². The molecule has 2 aromatic carbocycles. The molecule has 0 bridgehead atoms. The Morgan fingerprint density at radius 3 is 2.88 bits per heavy atom.